The second-order valence-corrected chi connectivity index (χ2v) is 14.9. The summed E-state index contributed by atoms with van der Waals surface area (Å²) < 4.78 is 43.8. The zero-order valence-corrected chi connectivity index (χ0v) is 32.6. The van der Waals surface area contributed by atoms with E-state index in [0.717, 1.165) is 67.2 Å². The van der Waals surface area contributed by atoms with E-state index in [-0.39, 0.29) is 29.7 Å². The van der Waals surface area contributed by atoms with Gasteiger partial charge in [0.2, 0.25) is 0 Å². The molecule has 0 bridgehead atoms. The molecular weight excluding hydrogens is 725 g/mol. The molecule has 0 saturated carbocycles. The monoisotopic (exact) mass is 769 g/mol. The number of nitrogens with zero attached hydrogens (tertiary/aromatic N) is 2. The molecule has 2 nitrogen and oxygen atoms in total. The maximum atomic E-state index is 8.49. The highest BCUT2D eigenvalue weighted by atomic mass is 15.1. The lowest BCUT2D eigenvalue weighted by Gasteiger charge is -2.28. The van der Waals surface area contributed by atoms with Gasteiger partial charge in [-0.2, -0.15) is 0 Å². The summed E-state index contributed by atoms with van der Waals surface area (Å²) in [5.74, 6) is 0. The molecule has 0 aliphatic rings. The summed E-state index contributed by atoms with van der Waals surface area (Å²) >= 11 is 0. The van der Waals surface area contributed by atoms with E-state index in [1.165, 1.54) is 21.5 Å². The van der Waals surface area contributed by atoms with E-state index in [0.29, 0.717) is 5.56 Å². The van der Waals surface area contributed by atoms with Gasteiger partial charge < -0.3 is 9.47 Å². The molecule has 0 aliphatic heterocycles. The van der Waals surface area contributed by atoms with Crippen LogP contribution in [-0.2, 0) is 0 Å². The van der Waals surface area contributed by atoms with Gasteiger partial charge in [0.25, 0.3) is 0 Å². The molecule has 0 amide bonds. The lowest BCUT2D eigenvalue weighted by molar-refractivity contribution is 1.20. The fraction of sp³-hybridized carbons (Fsp3) is 0. The molecule has 0 saturated heterocycles. The second-order valence-electron chi connectivity index (χ2n) is 14.9. The van der Waals surface area contributed by atoms with E-state index in [4.69, 9.17) is 6.85 Å². The molecule has 0 spiro atoms. The largest absolute Gasteiger partial charge is 0.310 e. The number of aromatic nitrogens is 1. The Kier molecular flexibility index (Phi) is 7.59. The van der Waals surface area contributed by atoms with Crippen molar-refractivity contribution in [1.29, 1.82) is 0 Å². The highest BCUT2D eigenvalue weighted by molar-refractivity contribution is 6.17. The lowest BCUT2D eigenvalue weighted by Crippen LogP contribution is -2.11. The van der Waals surface area contributed by atoms with E-state index in [9.17, 15) is 0 Å². The molecule has 11 rings (SSSR count). The Balaban J connectivity index is 1.06. The first-order valence-electron chi connectivity index (χ1n) is 22.7. The highest BCUT2D eigenvalue weighted by Gasteiger charge is 2.22. The Hall–Kier alpha value is -7.94. The van der Waals surface area contributed by atoms with Crippen molar-refractivity contribution in [2.24, 2.45) is 0 Å². The average molecular weight is 770 g/mol. The summed E-state index contributed by atoms with van der Waals surface area (Å²) in [6.45, 7) is 0. The zero-order chi connectivity index (χ0) is 44.2. The first kappa shape index (κ1) is 30.2. The number of fused-ring (bicyclic) bond motifs is 4. The number of hydrogen-bond acceptors (Lipinski definition) is 1. The van der Waals surface area contributed by atoms with Crippen LogP contribution < -0.4 is 4.90 Å². The molecule has 10 aromatic carbocycles. The van der Waals surface area contributed by atoms with E-state index in [1.807, 2.05) is 30.3 Å². The summed E-state index contributed by atoms with van der Waals surface area (Å²) in [7, 11) is 0. The van der Waals surface area contributed by atoms with Crippen LogP contribution >= 0.6 is 0 Å². The van der Waals surface area contributed by atoms with Crippen LogP contribution in [0.5, 0.6) is 0 Å². The summed E-state index contributed by atoms with van der Waals surface area (Å²) in [5, 5.41) is 4.76. The highest BCUT2D eigenvalue weighted by Crippen LogP contribution is 2.46. The van der Waals surface area contributed by atoms with Gasteiger partial charge in [0, 0.05) is 33.1 Å². The van der Waals surface area contributed by atoms with Crippen LogP contribution in [0.3, 0.4) is 0 Å². The molecule has 0 atom stereocenters. The van der Waals surface area contributed by atoms with Crippen molar-refractivity contribution >= 4 is 49.6 Å². The van der Waals surface area contributed by atoms with Gasteiger partial charge in [-0.3, -0.25) is 0 Å². The molecule has 0 fully saturated rings. The molecular formula is C58H40N2. The molecule has 0 unspecified atom stereocenters. The summed E-state index contributed by atoms with van der Waals surface area (Å²) in [5.41, 5.74) is 13.6. The van der Waals surface area contributed by atoms with Gasteiger partial charge in [0.15, 0.2) is 0 Å². The smallest absolute Gasteiger partial charge is 0.0629 e. The Bertz CT molecular complexity index is 3560. The quantitative estimate of drug-likeness (QED) is 0.149. The van der Waals surface area contributed by atoms with Crippen LogP contribution in [0, 0.1) is 0 Å². The normalized spacial score (nSPS) is 12.5. The fourth-order valence-electron chi connectivity index (χ4n) is 8.71. The molecule has 282 valence electrons. The number of hydrogen-bond donors (Lipinski definition) is 0. The first-order chi connectivity index (χ1) is 31.9. The topological polar surface area (TPSA) is 8.17 Å². The molecule has 0 aliphatic carbocycles. The fourth-order valence-corrected chi connectivity index (χ4v) is 8.71. The Morgan fingerprint density at radius 2 is 0.933 bits per heavy atom. The van der Waals surface area contributed by atoms with Gasteiger partial charge in [-0.05, 0) is 92.9 Å². The number of anilines is 3. The van der Waals surface area contributed by atoms with Crippen LogP contribution in [0.2, 0.25) is 0 Å². The van der Waals surface area contributed by atoms with Crippen molar-refractivity contribution < 1.29 is 6.85 Å². The molecule has 2 heteroatoms. The van der Waals surface area contributed by atoms with Gasteiger partial charge in [0.1, 0.15) is 0 Å². The molecule has 0 N–H and O–H groups in total. The lowest BCUT2D eigenvalue weighted by atomic mass is 9.96. The van der Waals surface area contributed by atoms with Gasteiger partial charge in [-0.15, -0.1) is 0 Å². The predicted octanol–water partition coefficient (Wildman–Crippen LogP) is 16.1. The molecule has 0 radical (unpaired) electrons. The minimum Gasteiger partial charge on any atom is -0.310 e. The second kappa shape index (κ2) is 15.1. The number of benzene rings is 10. The summed E-state index contributed by atoms with van der Waals surface area (Å²) in [4.78, 5) is 2.34. The molecule has 1 heterocycles. The SMILES string of the molecule is [2H]c1c([2H])c([2H])c(-c2ccc(-c3ccc(N(c4cccc(-c5ccccc5)c4)c4ccccc4-c4cccc5c4c4ccccc4n5-c4cccc5ccccc45)cc3)cc2)c([2H])c1[2H]. The van der Waals surface area contributed by atoms with E-state index >= 15 is 0 Å². The van der Waals surface area contributed by atoms with Crippen LogP contribution in [0.25, 0.3) is 82.8 Å². The molecule has 11 aromatic rings. The van der Waals surface area contributed by atoms with Crippen LogP contribution in [0.4, 0.5) is 17.1 Å². The van der Waals surface area contributed by atoms with Crippen LogP contribution in [0.15, 0.2) is 243 Å². The van der Waals surface area contributed by atoms with Crippen LogP contribution in [0.1, 0.15) is 6.85 Å². The van der Waals surface area contributed by atoms with Gasteiger partial charge in [-0.1, -0.05) is 194 Å². The van der Waals surface area contributed by atoms with Crippen molar-refractivity contribution in [3.8, 4) is 50.2 Å². The Morgan fingerprint density at radius 1 is 0.367 bits per heavy atom. The third kappa shape index (κ3) is 6.23. The van der Waals surface area contributed by atoms with Crippen molar-refractivity contribution in [1.82, 2.24) is 4.57 Å². The third-order valence-corrected chi connectivity index (χ3v) is 11.5. The zero-order valence-electron chi connectivity index (χ0n) is 37.6. The molecule has 60 heavy (non-hydrogen) atoms. The predicted molar refractivity (Wildman–Crippen MR) is 255 cm³/mol. The van der Waals surface area contributed by atoms with Gasteiger partial charge in [0.05, 0.1) is 29.3 Å². The maximum Gasteiger partial charge on any atom is 0.0629 e. The van der Waals surface area contributed by atoms with Gasteiger partial charge in [-0.25, -0.2) is 0 Å². The van der Waals surface area contributed by atoms with Crippen molar-refractivity contribution in [2.45, 2.75) is 0 Å². The van der Waals surface area contributed by atoms with Crippen LogP contribution in [-0.4, -0.2) is 4.57 Å². The minimum atomic E-state index is -0.398. The summed E-state index contributed by atoms with van der Waals surface area (Å²) in [6.07, 6.45) is 0. The number of para-hydroxylation sites is 2. The van der Waals surface area contributed by atoms with Crippen molar-refractivity contribution in [3.63, 3.8) is 0 Å². The van der Waals surface area contributed by atoms with E-state index in [2.05, 4.69) is 191 Å². The average Bonchev–Trinajstić information content (AvgIpc) is 3.70. The Labute approximate surface area is 357 Å². The molecule has 1 aromatic heterocycles. The third-order valence-electron chi connectivity index (χ3n) is 11.5. The van der Waals surface area contributed by atoms with E-state index in [1.54, 1.807) is 0 Å². The maximum absolute atomic E-state index is 8.49. The van der Waals surface area contributed by atoms with Gasteiger partial charge >= 0.3 is 0 Å². The Morgan fingerprint density at radius 3 is 1.75 bits per heavy atom. The number of rotatable bonds is 8. The van der Waals surface area contributed by atoms with Crippen molar-refractivity contribution in [3.05, 3.63) is 243 Å². The summed E-state index contributed by atoms with van der Waals surface area (Å²) in [6, 6.07) is 72.9. The van der Waals surface area contributed by atoms with Crippen molar-refractivity contribution in [2.75, 3.05) is 4.90 Å². The first-order valence-corrected chi connectivity index (χ1v) is 20.2. The van der Waals surface area contributed by atoms with E-state index < -0.39 is 6.04 Å². The minimum absolute atomic E-state index is 0.193. The standard InChI is InChI=1S/C58H40N2/c1-3-16-41(17-4-1)43-32-34-44(35-33-43)45-36-38-48(39-37-45)59(49-23-13-22-47(40-49)42-18-5-2-6-19-42)55-28-11-9-25-51(55)52-27-15-31-57-58(52)53-26-10-12-29-56(53)60(57)54-30-14-21-46-20-7-8-24-50(46)54/h1-40H/i1D,3D,4D,16D,17D.